The first-order valence-corrected chi connectivity index (χ1v) is 4.93. The van der Waals surface area contributed by atoms with Gasteiger partial charge in [0.15, 0.2) is 0 Å². The molecule has 1 aliphatic rings. The second kappa shape index (κ2) is 4.61. The van der Waals surface area contributed by atoms with Crippen molar-refractivity contribution in [2.75, 3.05) is 13.1 Å². The standard InChI is InChI=1S/C10H19NO/c1-9(2)7-10(8-12)11-5-3-4-6-11/h8-10H,3-7H2,1-2H3/t10-/m0/s1. The van der Waals surface area contributed by atoms with Gasteiger partial charge in [0.2, 0.25) is 0 Å². The molecule has 0 saturated carbocycles. The molecule has 1 aliphatic heterocycles. The van der Waals surface area contributed by atoms with Crippen molar-refractivity contribution < 1.29 is 4.79 Å². The Balaban J connectivity index is 2.37. The summed E-state index contributed by atoms with van der Waals surface area (Å²) in [4.78, 5) is 13.1. The van der Waals surface area contributed by atoms with Crippen molar-refractivity contribution in [1.29, 1.82) is 0 Å². The van der Waals surface area contributed by atoms with Crippen LogP contribution in [0.4, 0.5) is 0 Å². The fourth-order valence-corrected chi connectivity index (χ4v) is 1.85. The van der Waals surface area contributed by atoms with E-state index in [-0.39, 0.29) is 6.04 Å². The molecular formula is C10H19NO. The van der Waals surface area contributed by atoms with E-state index in [9.17, 15) is 4.79 Å². The molecular weight excluding hydrogens is 150 g/mol. The molecule has 2 heteroatoms. The van der Waals surface area contributed by atoms with E-state index in [2.05, 4.69) is 18.7 Å². The molecule has 0 amide bonds. The summed E-state index contributed by atoms with van der Waals surface area (Å²) >= 11 is 0. The van der Waals surface area contributed by atoms with E-state index in [1.807, 2.05) is 0 Å². The molecule has 1 saturated heterocycles. The Labute approximate surface area is 74.9 Å². The monoisotopic (exact) mass is 169 g/mol. The molecule has 1 heterocycles. The molecule has 1 atom stereocenters. The van der Waals surface area contributed by atoms with Gasteiger partial charge in [-0.25, -0.2) is 0 Å². The number of aldehydes is 1. The summed E-state index contributed by atoms with van der Waals surface area (Å²) in [5.74, 6) is 0.626. The Bertz CT molecular complexity index is 139. The van der Waals surface area contributed by atoms with Gasteiger partial charge in [-0.15, -0.1) is 0 Å². The van der Waals surface area contributed by atoms with E-state index >= 15 is 0 Å². The van der Waals surface area contributed by atoms with Crippen LogP contribution in [0.5, 0.6) is 0 Å². The predicted octanol–water partition coefficient (Wildman–Crippen LogP) is 1.70. The summed E-state index contributed by atoms with van der Waals surface area (Å²) in [6.07, 6.45) is 4.67. The first kappa shape index (κ1) is 9.72. The second-order valence-corrected chi connectivity index (χ2v) is 4.08. The van der Waals surface area contributed by atoms with Crippen LogP contribution in [0.15, 0.2) is 0 Å². The molecule has 70 valence electrons. The third-order valence-corrected chi connectivity index (χ3v) is 2.48. The molecule has 1 fully saturated rings. The second-order valence-electron chi connectivity index (χ2n) is 4.08. The summed E-state index contributed by atoms with van der Waals surface area (Å²) in [5, 5.41) is 0. The normalized spacial score (nSPS) is 21.6. The predicted molar refractivity (Wildman–Crippen MR) is 50.1 cm³/mol. The molecule has 1 rings (SSSR count). The minimum Gasteiger partial charge on any atom is -0.302 e. The smallest absolute Gasteiger partial charge is 0.137 e. The lowest BCUT2D eigenvalue weighted by atomic mass is 10.0. The molecule has 0 N–H and O–H groups in total. The molecule has 0 bridgehead atoms. The van der Waals surface area contributed by atoms with E-state index < -0.39 is 0 Å². The third kappa shape index (κ3) is 2.59. The van der Waals surface area contributed by atoms with E-state index in [1.54, 1.807) is 0 Å². The minimum absolute atomic E-state index is 0.187. The van der Waals surface area contributed by atoms with Crippen molar-refractivity contribution in [1.82, 2.24) is 4.90 Å². The average molecular weight is 169 g/mol. The van der Waals surface area contributed by atoms with Gasteiger partial charge in [-0.1, -0.05) is 13.8 Å². The number of likely N-dealkylation sites (tertiary alicyclic amines) is 1. The highest BCUT2D eigenvalue weighted by Gasteiger charge is 2.21. The highest BCUT2D eigenvalue weighted by molar-refractivity contribution is 5.57. The lowest BCUT2D eigenvalue weighted by Gasteiger charge is -2.23. The van der Waals surface area contributed by atoms with Crippen molar-refractivity contribution in [3.63, 3.8) is 0 Å². The van der Waals surface area contributed by atoms with Crippen molar-refractivity contribution >= 4 is 6.29 Å². The maximum absolute atomic E-state index is 10.8. The molecule has 12 heavy (non-hydrogen) atoms. The summed E-state index contributed by atoms with van der Waals surface area (Å²) in [6, 6.07) is 0.187. The molecule has 0 spiro atoms. The van der Waals surface area contributed by atoms with E-state index in [1.165, 1.54) is 12.8 Å². The largest absolute Gasteiger partial charge is 0.302 e. The summed E-state index contributed by atoms with van der Waals surface area (Å²) in [5.41, 5.74) is 0. The maximum Gasteiger partial charge on any atom is 0.137 e. The minimum atomic E-state index is 0.187. The van der Waals surface area contributed by atoms with Crippen LogP contribution >= 0.6 is 0 Å². The van der Waals surface area contributed by atoms with Gasteiger partial charge < -0.3 is 4.79 Å². The quantitative estimate of drug-likeness (QED) is 0.597. The lowest BCUT2D eigenvalue weighted by Crippen LogP contribution is -2.34. The first-order chi connectivity index (χ1) is 5.74. The number of nitrogens with zero attached hydrogens (tertiary/aromatic N) is 1. The zero-order valence-electron chi connectivity index (χ0n) is 8.12. The van der Waals surface area contributed by atoms with Gasteiger partial charge in [0, 0.05) is 0 Å². The highest BCUT2D eigenvalue weighted by atomic mass is 16.1. The first-order valence-electron chi connectivity index (χ1n) is 4.93. The maximum atomic E-state index is 10.8. The van der Waals surface area contributed by atoms with E-state index in [4.69, 9.17) is 0 Å². The Hall–Kier alpha value is -0.370. The highest BCUT2D eigenvalue weighted by Crippen LogP contribution is 2.15. The fraction of sp³-hybridized carbons (Fsp3) is 0.900. The van der Waals surface area contributed by atoms with Crippen LogP contribution in [0, 0.1) is 5.92 Å². The van der Waals surface area contributed by atoms with Crippen molar-refractivity contribution in [2.45, 2.75) is 39.2 Å². The Morgan fingerprint density at radius 2 is 1.92 bits per heavy atom. The molecule has 2 nitrogen and oxygen atoms in total. The summed E-state index contributed by atoms with van der Waals surface area (Å²) in [7, 11) is 0. The van der Waals surface area contributed by atoms with Gasteiger partial charge >= 0.3 is 0 Å². The number of rotatable bonds is 4. The lowest BCUT2D eigenvalue weighted by molar-refractivity contribution is -0.112. The van der Waals surface area contributed by atoms with Gasteiger partial charge in [-0.3, -0.25) is 4.90 Å². The SMILES string of the molecule is CC(C)C[C@@H](C=O)N1CCCC1. The van der Waals surface area contributed by atoms with Crippen molar-refractivity contribution in [3.8, 4) is 0 Å². The van der Waals surface area contributed by atoms with Crippen LogP contribution in [-0.4, -0.2) is 30.3 Å². The van der Waals surface area contributed by atoms with Gasteiger partial charge in [-0.05, 0) is 38.3 Å². The Morgan fingerprint density at radius 1 is 1.33 bits per heavy atom. The van der Waals surface area contributed by atoms with Crippen LogP contribution in [-0.2, 0) is 4.79 Å². The molecule has 0 aromatic carbocycles. The van der Waals surface area contributed by atoms with E-state index in [0.29, 0.717) is 5.92 Å². The molecule has 0 aromatic heterocycles. The average Bonchev–Trinajstić information content (AvgIpc) is 2.51. The van der Waals surface area contributed by atoms with Crippen LogP contribution in [0.2, 0.25) is 0 Å². The Morgan fingerprint density at radius 3 is 2.33 bits per heavy atom. The van der Waals surface area contributed by atoms with Crippen LogP contribution in [0.3, 0.4) is 0 Å². The number of carbonyl (C=O) groups is 1. The summed E-state index contributed by atoms with van der Waals surface area (Å²) in [6.45, 7) is 6.59. The van der Waals surface area contributed by atoms with Crippen molar-refractivity contribution in [3.05, 3.63) is 0 Å². The van der Waals surface area contributed by atoms with Crippen molar-refractivity contribution in [2.24, 2.45) is 5.92 Å². The number of hydrogen-bond donors (Lipinski definition) is 0. The molecule has 0 aliphatic carbocycles. The summed E-state index contributed by atoms with van der Waals surface area (Å²) < 4.78 is 0. The Kier molecular flexibility index (Phi) is 3.73. The zero-order chi connectivity index (χ0) is 8.97. The topological polar surface area (TPSA) is 20.3 Å². The van der Waals surface area contributed by atoms with Gasteiger partial charge in [-0.2, -0.15) is 0 Å². The van der Waals surface area contributed by atoms with Gasteiger partial charge in [0.05, 0.1) is 6.04 Å². The molecule has 0 aromatic rings. The third-order valence-electron chi connectivity index (χ3n) is 2.48. The fourth-order valence-electron chi connectivity index (χ4n) is 1.85. The number of hydrogen-bond acceptors (Lipinski definition) is 2. The zero-order valence-corrected chi connectivity index (χ0v) is 8.12. The van der Waals surface area contributed by atoms with Crippen LogP contribution in [0.1, 0.15) is 33.1 Å². The molecule has 0 radical (unpaired) electrons. The number of carbonyl (C=O) groups excluding carboxylic acids is 1. The van der Waals surface area contributed by atoms with Gasteiger partial charge in [0.25, 0.3) is 0 Å². The molecule has 0 unspecified atom stereocenters. The van der Waals surface area contributed by atoms with Crippen LogP contribution in [0.25, 0.3) is 0 Å². The van der Waals surface area contributed by atoms with Crippen LogP contribution < -0.4 is 0 Å². The van der Waals surface area contributed by atoms with Gasteiger partial charge in [0.1, 0.15) is 6.29 Å². The van der Waals surface area contributed by atoms with E-state index in [0.717, 1.165) is 25.8 Å².